The molecule has 0 radical (unpaired) electrons. The first-order valence-corrected chi connectivity index (χ1v) is 11.4. The van der Waals surface area contributed by atoms with Crippen molar-refractivity contribution in [1.29, 1.82) is 0 Å². The minimum Gasteiger partial charge on any atom is -0.353 e. The molecule has 0 bridgehead atoms. The molecule has 0 spiro atoms. The molecule has 1 aliphatic heterocycles. The molecule has 2 heterocycles. The predicted octanol–water partition coefficient (Wildman–Crippen LogP) is 4.17. The summed E-state index contributed by atoms with van der Waals surface area (Å²) in [5, 5.41) is 11.3. The van der Waals surface area contributed by atoms with E-state index in [1.54, 1.807) is 24.0 Å². The van der Waals surface area contributed by atoms with E-state index in [0.717, 1.165) is 29.3 Å². The number of hydrogen-bond donors (Lipinski definition) is 0. The molecule has 0 N–H and O–H groups in total. The molecule has 2 aromatic carbocycles. The quantitative estimate of drug-likeness (QED) is 0.420. The van der Waals surface area contributed by atoms with E-state index in [1.807, 2.05) is 13.8 Å². The Kier molecular flexibility index (Phi) is 6.58. The molecule has 0 saturated carbocycles. The Morgan fingerprint density at radius 1 is 0.971 bits per heavy atom. The highest BCUT2D eigenvalue weighted by Crippen LogP contribution is 2.26. The Bertz CT molecular complexity index is 1230. The molecule has 1 amide bonds. The van der Waals surface area contributed by atoms with Crippen LogP contribution in [0.1, 0.15) is 44.1 Å². The van der Waals surface area contributed by atoms with E-state index in [-0.39, 0.29) is 11.6 Å². The molecule has 0 atom stereocenters. The maximum atomic E-state index is 13.0. The first kappa shape index (κ1) is 23.4. The number of amides is 1. The zero-order chi connectivity index (χ0) is 24.4. The fourth-order valence-electron chi connectivity index (χ4n) is 4.34. The summed E-state index contributed by atoms with van der Waals surface area (Å²) in [4.78, 5) is 37.2. The number of hydrogen-bond acceptors (Lipinski definition) is 6. The van der Waals surface area contributed by atoms with Gasteiger partial charge in [-0.1, -0.05) is 35.9 Å². The maximum absolute atomic E-state index is 13.0. The smallest absolute Gasteiger partial charge is 0.273 e. The Morgan fingerprint density at radius 3 is 2.29 bits per heavy atom. The minimum absolute atomic E-state index is 0.0304. The fourth-order valence-corrected chi connectivity index (χ4v) is 4.34. The molecular weight excluding hydrogens is 430 g/mol. The summed E-state index contributed by atoms with van der Waals surface area (Å²) in [5.74, 6) is 1.46. The van der Waals surface area contributed by atoms with Gasteiger partial charge < -0.3 is 9.80 Å². The van der Waals surface area contributed by atoms with Gasteiger partial charge in [0.1, 0.15) is 11.6 Å². The van der Waals surface area contributed by atoms with Crippen LogP contribution in [0.5, 0.6) is 0 Å². The predicted molar refractivity (Wildman–Crippen MR) is 131 cm³/mol. The summed E-state index contributed by atoms with van der Waals surface area (Å²) in [6.45, 7) is 9.98. The van der Waals surface area contributed by atoms with E-state index in [4.69, 9.17) is 4.98 Å². The largest absolute Gasteiger partial charge is 0.353 e. The number of benzene rings is 2. The van der Waals surface area contributed by atoms with E-state index in [1.165, 1.54) is 17.2 Å². The molecule has 0 aliphatic carbocycles. The van der Waals surface area contributed by atoms with Gasteiger partial charge in [0.25, 0.3) is 11.6 Å². The van der Waals surface area contributed by atoms with Crippen LogP contribution in [0.15, 0.2) is 42.5 Å². The first-order valence-electron chi connectivity index (χ1n) is 11.4. The van der Waals surface area contributed by atoms with Gasteiger partial charge in [-0.2, -0.15) is 0 Å². The third-order valence-corrected chi connectivity index (χ3v) is 6.32. The van der Waals surface area contributed by atoms with E-state index >= 15 is 0 Å². The number of piperazine rings is 1. The highest BCUT2D eigenvalue weighted by Gasteiger charge is 2.26. The molecule has 8 nitrogen and oxygen atoms in total. The van der Waals surface area contributed by atoms with Crippen LogP contribution < -0.4 is 4.90 Å². The van der Waals surface area contributed by atoms with Crippen molar-refractivity contribution in [3.8, 4) is 0 Å². The number of rotatable bonds is 5. The molecule has 3 aromatic rings. The molecule has 8 heteroatoms. The molecule has 1 fully saturated rings. The molecule has 1 saturated heterocycles. The van der Waals surface area contributed by atoms with Crippen LogP contribution in [0.4, 0.5) is 11.5 Å². The number of aryl methyl sites for hydroxylation is 4. The van der Waals surface area contributed by atoms with Gasteiger partial charge in [-0.3, -0.25) is 14.9 Å². The molecule has 1 aliphatic rings. The topological polar surface area (TPSA) is 92.5 Å². The Morgan fingerprint density at radius 2 is 1.65 bits per heavy atom. The number of nitrogens with zero attached hydrogens (tertiary/aromatic N) is 5. The van der Waals surface area contributed by atoms with Gasteiger partial charge in [-0.05, 0) is 39.3 Å². The summed E-state index contributed by atoms with van der Waals surface area (Å²) in [7, 11) is 0. The summed E-state index contributed by atoms with van der Waals surface area (Å²) in [5.41, 5.74) is 5.35. The highest BCUT2D eigenvalue weighted by molar-refractivity contribution is 5.95. The van der Waals surface area contributed by atoms with E-state index < -0.39 is 4.92 Å². The standard InChI is InChI=1S/C26H29N5O3/c1-17-5-8-21(9-6-17)15-23-19(3)27-20(4)28-25(23)29-11-13-30(14-12-29)26(32)22-10-7-18(2)24(16-22)31(33)34/h5-10,16H,11-15H2,1-4H3. The summed E-state index contributed by atoms with van der Waals surface area (Å²) < 4.78 is 0. The van der Waals surface area contributed by atoms with Crippen molar-refractivity contribution in [2.45, 2.75) is 34.1 Å². The van der Waals surface area contributed by atoms with Crippen molar-refractivity contribution in [2.24, 2.45) is 0 Å². The number of carbonyl (C=O) groups is 1. The lowest BCUT2D eigenvalue weighted by molar-refractivity contribution is -0.385. The van der Waals surface area contributed by atoms with Crippen molar-refractivity contribution in [2.75, 3.05) is 31.1 Å². The number of nitro benzene ring substituents is 1. The van der Waals surface area contributed by atoms with Gasteiger partial charge in [-0.15, -0.1) is 0 Å². The SMILES string of the molecule is Cc1ccc(Cc2c(C)nc(C)nc2N2CCN(C(=O)c3ccc(C)c([N+](=O)[O-])c3)CC2)cc1. The van der Waals surface area contributed by atoms with E-state index in [9.17, 15) is 14.9 Å². The van der Waals surface area contributed by atoms with Gasteiger partial charge in [0.15, 0.2) is 0 Å². The monoisotopic (exact) mass is 459 g/mol. The summed E-state index contributed by atoms with van der Waals surface area (Å²) in [6, 6.07) is 13.2. The van der Waals surface area contributed by atoms with Crippen LogP contribution in [-0.2, 0) is 6.42 Å². The van der Waals surface area contributed by atoms with Gasteiger partial charge in [0, 0.05) is 61.1 Å². The second-order valence-electron chi connectivity index (χ2n) is 8.86. The van der Waals surface area contributed by atoms with Crippen molar-refractivity contribution in [3.05, 3.63) is 91.9 Å². The number of carbonyl (C=O) groups excluding carboxylic acids is 1. The minimum atomic E-state index is -0.445. The average molecular weight is 460 g/mol. The summed E-state index contributed by atoms with van der Waals surface area (Å²) >= 11 is 0. The molecule has 176 valence electrons. The van der Waals surface area contributed by atoms with Crippen LogP contribution in [0.25, 0.3) is 0 Å². The lowest BCUT2D eigenvalue weighted by atomic mass is 10.0. The normalized spacial score (nSPS) is 13.8. The van der Waals surface area contributed by atoms with Crippen molar-refractivity contribution in [3.63, 3.8) is 0 Å². The van der Waals surface area contributed by atoms with Crippen LogP contribution in [0.3, 0.4) is 0 Å². The Balaban J connectivity index is 1.52. The highest BCUT2D eigenvalue weighted by atomic mass is 16.6. The number of nitro groups is 1. The van der Waals surface area contributed by atoms with Crippen LogP contribution in [-0.4, -0.2) is 51.9 Å². The lowest BCUT2D eigenvalue weighted by Gasteiger charge is -2.36. The summed E-state index contributed by atoms with van der Waals surface area (Å²) in [6.07, 6.45) is 0.744. The average Bonchev–Trinajstić information content (AvgIpc) is 2.81. The Labute approximate surface area is 199 Å². The molecular formula is C26H29N5O3. The van der Waals surface area contributed by atoms with Crippen LogP contribution in [0.2, 0.25) is 0 Å². The third-order valence-electron chi connectivity index (χ3n) is 6.32. The van der Waals surface area contributed by atoms with Crippen molar-refractivity contribution in [1.82, 2.24) is 14.9 Å². The second kappa shape index (κ2) is 9.59. The fraction of sp³-hybridized carbons (Fsp3) is 0.346. The van der Waals surface area contributed by atoms with Crippen LogP contribution >= 0.6 is 0 Å². The van der Waals surface area contributed by atoms with E-state index in [2.05, 4.69) is 41.1 Å². The number of aromatic nitrogens is 2. The molecule has 4 rings (SSSR count). The second-order valence-corrected chi connectivity index (χ2v) is 8.86. The zero-order valence-corrected chi connectivity index (χ0v) is 20.0. The molecule has 1 aromatic heterocycles. The number of anilines is 1. The van der Waals surface area contributed by atoms with E-state index in [0.29, 0.717) is 37.3 Å². The molecule has 34 heavy (non-hydrogen) atoms. The molecule has 0 unspecified atom stereocenters. The maximum Gasteiger partial charge on any atom is 0.273 e. The van der Waals surface area contributed by atoms with Crippen LogP contribution in [0, 0.1) is 37.8 Å². The van der Waals surface area contributed by atoms with Gasteiger partial charge in [-0.25, -0.2) is 9.97 Å². The van der Waals surface area contributed by atoms with Crippen molar-refractivity contribution >= 4 is 17.4 Å². The first-order chi connectivity index (χ1) is 16.2. The Hall–Kier alpha value is -3.81. The van der Waals surface area contributed by atoms with Gasteiger partial charge in [0.05, 0.1) is 4.92 Å². The van der Waals surface area contributed by atoms with Crippen molar-refractivity contribution < 1.29 is 9.72 Å². The zero-order valence-electron chi connectivity index (χ0n) is 20.0. The lowest BCUT2D eigenvalue weighted by Crippen LogP contribution is -2.49. The van der Waals surface area contributed by atoms with Gasteiger partial charge in [0.2, 0.25) is 0 Å². The van der Waals surface area contributed by atoms with Gasteiger partial charge >= 0.3 is 0 Å². The third kappa shape index (κ3) is 4.90.